The zero-order chi connectivity index (χ0) is 19.3. The molecule has 1 N–H and O–H groups in total. The molecule has 1 aromatic carbocycles. The number of ether oxygens (including phenoxy) is 1. The van der Waals surface area contributed by atoms with Gasteiger partial charge in [-0.25, -0.2) is 4.79 Å². The number of carbonyl (C=O) groups excluding carboxylic acids is 1. The van der Waals surface area contributed by atoms with Crippen molar-refractivity contribution in [1.82, 2.24) is 4.90 Å². The van der Waals surface area contributed by atoms with Crippen molar-refractivity contribution >= 4 is 17.5 Å². The van der Waals surface area contributed by atoms with Crippen LogP contribution in [0.3, 0.4) is 0 Å². The molecule has 5 nitrogen and oxygen atoms in total. The Morgan fingerprint density at radius 1 is 1.31 bits per heavy atom. The largest absolute Gasteiger partial charge is 0.460 e. The number of anilines is 1. The molecule has 0 spiro atoms. The predicted molar refractivity (Wildman–Crippen MR) is 93.7 cm³/mol. The molecule has 0 amide bonds. The third-order valence-corrected chi connectivity index (χ3v) is 4.11. The maximum atomic E-state index is 12.8. The first kappa shape index (κ1) is 20.1. The van der Waals surface area contributed by atoms with Gasteiger partial charge in [-0.15, -0.1) is 5.10 Å². The maximum absolute atomic E-state index is 12.8. The van der Waals surface area contributed by atoms with E-state index in [0.29, 0.717) is 24.9 Å². The van der Waals surface area contributed by atoms with E-state index in [1.165, 1.54) is 12.1 Å². The zero-order valence-corrected chi connectivity index (χ0v) is 15.1. The highest BCUT2D eigenvalue weighted by Gasteiger charge is 2.31. The SMILES string of the molecule is CCOC(=O)/C(=N/Nc1cccc(C(F)(F)F)c1)N1C[C@H](C)C[C@H](C)C1. The Bertz CT molecular complexity index is 651. The molecule has 1 aliphatic rings. The van der Waals surface area contributed by atoms with E-state index in [1.807, 2.05) is 4.90 Å². The van der Waals surface area contributed by atoms with Crippen LogP contribution in [0.15, 0.2) is 29.4 Å². The summed E-state index contributed by atoms with van der Waals surface area (Å²) in [6.45, 7) is 7.35. The highest BCUT2D eigenvalue weighted by molar-refractivity contribution is 6.35. The molecule has 144 valence electrons. The minimum atomic E-state index is -4.44. The number of esters is 1. The number of amidine groups is 1. The Morgan fingerprint density at radius 2 is 1.96 bits per heavy atom. The lowest BCUT2D eigenvalue weighted by Gasteiger charge is -2.36. The Hall–Kier alpha value is -2.25. The number of hydrazone groups is 1. The summed E-state index contributed by atoms with van der Waals surface area (Å²) in [4.78, 5) is 14.1. The van der Waals surface area contributed by atoms with Gasteiger partial charge in [0.1, 0.15) is 0 Å². The van der Waals surface area contributed by atoms with Crippen molar-refractivity contribution in [1.29, 1.82) is 0 Å². The third-order valence-electron chi connectivity index (χ3n) is 4.11. The molecule has 8 heteroatoms. The number of hydrogen-bond donors (Lipinski definition) is 1. The van der Waals surface area contributed by atoms with Gasteiger partial charge in [0, 0.05) is 13.1 Å². The number of hydrogen-bond acceptors (Lipinski definition) is 4. The Balaban J connectivity index is 2.24. The second-order valence-corrected chi connectivity index (χ2v) is 6.70. The lowest BCUT2D eigenvalue weighted by Crippen LogP contribution is -2.46. The van der Waals surface area contributed by atoms with Crippen LogP contribution in [0.1, 0.15) is 32.8 Å². The van der Waals surface area contributed by atoms with E-state index in [2.05, 4.69) is 24.4 Å². The summed E-state index contributed by atoms with van der Waals surface area (Å²) >= 11 is 0. The molecule has 1 aliphatic heterocycles. The number of rotatable bonds is 3. The van der Waals surface area contributed by atoms with E-state index >= 15 is 0 Å². The summed E-state index contributed by atoms with van der Waals surface area (Å²) in [6, 6.07) is 4.68. The molecule has 1 aromatic rings. The Labute approximate surface area is 151 Å². The second kappa shape index (κ2) is 8.42. The number of nitrogens with zero attached hydrogens (tertiary/aromatic N) is 2. The fourth-order valence-electron chi connectivity index (χ4n) is 3.16. The molecule has 0 aromatic heterocycles. The van der Waals surface area contributed by atoms with Gasteiger partial charge in [0.2, 0.25) is 5.84 Å². The van der Waals surface area contributed by atoms with E-state index in [-0.39, 0.29) is 18.1 Å². The number of alkyl halides is 3. The van der Waals surface area contributed by atoms with Crippen molar-refractivity contribution in [2.24, 2.45) is 16.9 Å². The van der Waals surface area contributed by atoms with Crippen molar-refractivity contribution < 1.29 is 22.7 Å². The van der Waals surface area contributed by atoms with Gasteiger partial charge in [0.05, 0.1) is 17.9 Å². The van der Waals surface area contributed by atoms with Crippen molar-refractivity contribution in [3.63, 3.8) is 0 Å². The highest BCUT2D eigenvalue weighted by atomic mass is 19.4. The average Bonchev–Trinajstić information content (AvgIpc) is 2.54. The number of halogens is 3. The van der Waals surface area contributed by atoms with E-state index in [0.717, 1.165) is 18.6 Å². The van der Waals surface area contributed by atoms with E-state index in [9.17, 15) is 18.0 Å². The summed E-state index contributed by atoms with van der Waals surface area (Å²) in [5.41, 5.74) is 1.94. The summed E-state index contributed by atoms with van der Waals surface area (Å²) in [5, 5.41) is 4.08. The normalized spacial score (nSPS) is 21.5. The van der Waals surface area contributed by atoms with Crippen LogP contribution in [0.4, 0.5) is 18.9 Å². The number of piperidine rings is 1. The van der Waals surface area contributed by atoms with E-state index < -0.39 is 17.7 Å². The number of nitrogens with one attached hydrogen (secondary N) is 1. The Morgan fingerprint density at radius 3 is 2.54 bits per heavy atom. The Kier molecular flexibility index (Phi) is 6.50. The van der Waals surface area contributed by atoms with E-state index in [1.54, 1.807) is 6.92 Å². The average molecular weight is 371 g/mol. The molecule has 0 bridgehead atoms. The quantitative estimate of drug-likeness (QED) is 0.378. The molecule has 1 heterocycles. The highest BCUT2D eigenvalue weighted by Crippen LogP contribution is 2.30. The molecule has 1 fully saturated rings. The molecule has 0 radical (unpaired) electrons. The standard InChI is InChI=1S/C18H24F3N3O2/c1-4-26-17(25)16(24-10-12(2)8-13(3)11-24)23-22-15-7-5-6-14(9-15)18(19,20)21/h5-7,9,12-13,22H,4,8,10-11H2,1-3H3/b23-16-/t12-,13+. The molecule has 2 atom stereocenters. The zero-order valence-electron chi connectivity index (χ0n) is 15.1. The first-order valence-electron chi connectivity index (χ1n) is 8.63. The first-order valence-corrected chi connectivity index (χ1v) is 8.63. The molecule has 0 saturated carbocycles. The lowest BCUT2D eigenvalue weighted by molar-refractivity contribution is -0.138. The van der Waals surface area contributed by atoms with Gasteiger partial charge in [-0.3, -0.25) is 5.43 Å². The molecule has 0 aliphatic carbocycles. The van der Waals surface area contributed by atoms with E-state index in [4.69, 9.17) is 4.74 Å². The van der Waals surface area contributed by atoms with Gasteiger partial charge in [-0.2, -0.15) is 13.2 Å². The molecule has 2 rings (SSSR count). The molecule has 1 saturated heterocycles. The summed E-state index contributed by atoms with van der Waals surface area (Å²) in [7, 11) is 0. The van der Waals surface area contributed by atoms with Crippen LogP contribution in [-0.4, -0.2) is 36.4 Å². The lowest BCUT2D eigenvalue weighted by atomic mass is 9.92. The van der Waals surface area contributed by atoms with Gasteiger partial charge >= 0.3 is 12.1 Å². The van der Waals surface area contributed by atoms with Crippen molar-refractivity contribution in [3.8, 4) is 0 Å². The minimum Gasteiger partial charge on any atom is -0.460 e. The topological polar surface area (TPSA) is 53.9 Å². The minimum absolute atomic E-state index is 0.0858. The molecule has 26 heavy (non-hydrogen) atoms. The predicted octanol–water partition coefficient (Wildman–Crippen LogP) is 3.97. The van der Waals surface area contributed by atoms with Crippen LogP contribution >= 0.6 is 0 Å². The number of benzene rings is 1. The first-order chi connectivity index (χ1) is 12.2. The van der Waals surface area contributed by atoms with Gasteiger partial charge in [0.15, 0.2) is 0 Å². The third kappa shape index (κ3) is 5.37. The second-order valence-electron chi connectivity index (χ2n) is 6.70. The summed E-state index contributed by atoms with van der Waals surface area (Å²) < 4.78 is 43.5. The van der Waals surface area contributed by atoms with Crippen molar-refractivity contribution in [3.05, 3.63) is 29.8 Å². The maximum Gasteiger partial charge on any atom is 0.416 e. The van der Waals surface area contributed by atoms with Crippen LogP contribution in [0.2, 0.25) is 0 Å². The fraction of sp³-hybridized carbons (Fsp3) is 0.556. The molecular formula is C18H24F3N3O2. The van der Waals surface area contributed by atoms with Gasteiger partial charge in [-0.1, -0.05) is 19.9 Å². The smallest absolute Gasteiger partial charge is 0.416 e. The molecule has 0 unspecified atom stereocenters. The van der Waals surface area contributed by atoms with Crippen molar-refractivity contribution in [2.45, 2.75) is 33.4 Å². The fourth-order valence-corrected chi connectivity index (χ4v) is 3.16. The monoisotopic (exact) mass is 371 g/mol. The van der Waals surface area contributed by atoms with Gasteiger partial charge in [0.25, 0.3) is 0 Å². The van der Waals surface area contributed by atoms with Crippen LogP contribution < -0.4 is 5.43 Å². The summed E-state index contributed by atoms with van der Waals surface area (Å²) in [6.07, 6.45) is -3.39. The van der Waals surface area contributed by atoms with Crippen molar-refractivity contribution in [2.75, 3.05) is 25.1 Å². The number of likely N-dealkylation sites (tertiary alicyclic amines) is 1. The van der Waals surface area contributed by atoms with Crippen LogP contribution in [0.25, 0.3) is 0 Å². The number of carbonyl (C=O) groups is 1. The van der Waals surface area contributed by atoms with Crippen LogP contribution in [0, 0.1) is 11.8 Å². The van der Waals surface area contributed by atoms with Crippen LogP contribution in [0.5, 0.6) is 0 Å². The summed E-state index contributed by atoms with van der Waals surface area (Å²) in [5.74, 6) is 0.259. The van der Waals surface area contributed by atoms with Gasteiger partial charge < -0.3 is 9.64 Å². The molecular weight excluding hydrogens is 347 g/mol. The van der Waals surface area contributed by atoms with Gasteiger partial charge in [-0.05, 0) is 43.4 Å². The van der Waals surface area contributed by atoms with Crippen LogP contribution in [-0.2, 0) is 15.7 Å².